The van der Waals surface area contributed by atoms with Gasteiger partial charge in [-0.3, -0.25) is 14.4 Å². The fourth-order valence-electron chi connectivity index (χ4n) is 3.11. The molecule has 0 saturated heterocycles. The topological polar surface area (TPSA) is 75.9 Å². The van der Waals surface area contributed by atoms with Crippen molar-refractivity contribution in [2.45, 2.75) is 6.17 Å². The molecule has 29 heavy (non-hydrogen) atoms. The number of benzene rings is 1. The molecule has 5 nitrogen and oxygen atoms in total. The summed E-state index contributed by atoms with van der Waals surface area (Å²) in [4.78, 5) is 44.2. The highest BCUT2D eigenvalue weighted by atomic mass is 19.1. The Morgan fingerprint density at radius 1 is 1.10 bits per heavy atom. The van der Waals surface area contributed by atoms with Gasteiger partial charge in [-0.25, -0.2) is 14.4 Å². The third-order valence-electron chi connectivity index (χ3n) is 4.41. The summed E-state index contributed by atoms with van der Waals surface area (Å²) in [6.45, 7) is 0. The molecule has 0 N–H and O–H groups in total. The fraction of sp³-hybridized carbons (Fsp3) is 0.0435. The molecule has 0 fully saturated rings. The number of fused-ring (bicyclic) bond motifs is 1. The van der Waals surface area contributed by atoms with Gasteiger partial charge in [-0.2, -0.15) is 0 Å². The number of amides is 2. The van der Waals surface area contributed by atoms with Gasteiger partial charge in [0.1, 0.15) is 6.17 Å². The van der Waals surface area contributed by atoms with Crippen molar-refractivity contribution in [3.63, 3.8) is 0 Å². The first-order chi connectivity index (χ1) is 14.0. The molecule has 140 valence electrons. The van der Waals surface area contributed by atoms with Crippen LogP contribution >= 0.6 is 0 Å². The number of hydrogen-bond donors (Lipinski definition) is 0. The van der Waals surface area contributed by atoms with E-state index in [2.05, 4.69) is 15.7 Å². The molecule has 2 aliphatic heterocycles. The Morgan fingerprint density at radius 2 is 1.90 bits per heavy atom. The average molecular weight is 384 g/mol. The van der Waals surface area contributed by atoms with Gasteiger partial charge in [0.15, 0.2) is 5.78 Å². The molecule has 2 amide bonds. The Morgan fingerprint density at radius 3 is 2.62 bits per heavy atom. The van der Waals surface area contributed by atoms with Crippen LogP contribution in [-0.2, 0) is 14.4 Å². The first-order valence-corrected chi connectivity index (χ1v) is 8.77. The Labute approximate surface area is 165 Å². The van der Waals surface area contributed by atoms with E-state index >= 15 is 0 Å². The third-order valence-corrected chi connectivity index (χ3v) is 4.41. The Kier molecular flexibility index (Phi) is 4.77. The molecule has 0 bridgehead atoms. The van der Waals surface area contributed by atoms with Crippen molar-refractivity contribution in [1.29, 1.82) is 0 Å². The van der Waals surface area contributed by atoms with Crippen LogP contribution in [0.1, 0.15) is 5.56 Å². The van der Waals surface area contributed by atoms with Crippen molar-refractivity contribution in [3.8, 4) is 0 Å². The van der Waals surface area contributed by atoms with Gasteiger partial charge < -0.3 is 0 Å². The maximum atomic E-state index is 14.0. The lowest BCUT2D eigenvalue weighted by Crippen LogP contribution is -2.23. The highest BCUT2D eigenvalue weighted by Gasteiger charge is 2.32. The smallest absolute Gasteiger partial charge is 0.282 e. The second-order valence-electron chi connectivity index (χ2n) is 6.34. The summed E-state index contributed by atoms with van der Waals surface area (Å²) in [6.07, 6.45) is 7.83. The molecular formula is C23H13FN2O3. The van der Waals surface area contributed by atoms with Crippen LogP contribution in [-0.4, -0.2) is 35.7 Å². The number of rotatable bonds is 3. The minimum absolute atomic E-state index is 0.158. The molecule has 1 unspecified atom stereocenters. The van der Waals surface area contributed by atoms with Crippen molar-refractivity contribution in [2.75, 3.05) is 0 Å². The highest BCUT2D eigenvalue weighted by molar-refractivity contribution is 6.39. The number of halogens is 1. The lowest BCUT2D eigenvalue weighted by Gasteiger charge is -2.22. The Bertz CT molecular complexity index is 1170. The zero-order chi connectivity index (χ0) is 20.4. The molecule has 0 spiro atoms. The number of hydrogen-bond acceptors (Lipinski definition) is 3. The number of dihydropyridines is 2. The van der Waals surface area contributed by atoms with Crippen LogP contribution in [0.15, 0.2) is 99.2 Å². The van der Waals surface area contributed by atoms with Gasteiger partial charge in [0.2, 0.25) is 0 Å². The van der Waals surface area contributed by atoms with Crippen LogP contribution in [0.3, 0.4) is 0 Å². The molecule has 1 atom stereocenters. The molecule has 1 aliphatic carbocycles. The molecule has 0 saturated carbocycles. The van der Waals surface area contributed by atoms with Crippen molar-refractivity contribution in [2.24, 2.45) is 9.98 Å². The Balaban J connectivity index is 1.85. The lowest BCUT2D eigenvalue weighted by molar-refractivity contribution is -0.118. The van der Waals surface area contributed by atoms with Gasteiger partial charge in [0, 0.05) is 35.1 Å². The highest BCUT2D eigenvalue weighted by Crippen LogP contribution is 2.35. The van der Waals surface area contributed by atoms with Gasteiger partial charge in [0.05, 0.1) is 11.3 Å². The maximum absolute atomic E-state index is 14.0. The summed E-state index contributed by atoms with van der Waals surface area (Å²) in [6, 6.07) is 8.83. The van der Waals surface area contributed by atoms with Gasteiger partial charge >= 0.3 is 0 Å². The second kappa shape index (κ2) is 7.54. The Hall–Kier alpha value is -4.02. The summed E-state index contributed by atoms with van der Waals surface area (Å²) in [5.74, 6) is -1.72. The number of alkyl halides is 1. The van der Waals surface area contributed by atoms with E-state index < -0.39 is 23.8 Å². The van der Waals surface area contributed by atoms with E-state index in [1.807, 2.05) is 0 Å². The van der Waals surface area contributed by atoms with Gasteiger partial charge in [0.25, 0.3) is 11.8 Å². The number of nitrogens with zero attached hydrogens (tertiary/aromatic N) is 2. The molecule has 2 heterocycles. The van der Waals surface area contributed by atoms with E-state index in [1.54, 1.807) is 30.3 Å². The zero-order valence-electron chi connectivity index (χ0n) is 15.0. The van der Waals surface area contributed by atoms with Crippen molar-refractivity contribution in [1.82, 2.24) is 0 Å². The number of carbonyl (C=O) groups excluding carboxylic acids is 3. The van der Waals surface area contributed by atoms with Crippen LogP contribution in [0.2, 0.25) is 0 Å². The predicted octanol–water partition coefficient (Wildman–Crippen LogP) is 3.07. The number of aliphatic imine (C=N–C) groups is 2. The van der Waals surface area contributed by atoms with E-state index in [0.29, 0.717) is 28.0 Å². The van der Waals surface area contributed by atoms with E-state index in [4.69, 9.17) is 0 Å². The van der Waals surface area contributed by atoms with Crippen LogP contribution < -0.4 is 0 Å². The van der Waals surface area contributed by atoms with Gasteiger partial charge in [-0.05, 0) is 29.9 Å². The van der Waals surface area contributed by atoms with E-state index in [0.717, 1.165) is 6.08 Å². The zero-order valence-corrected chi connectivity index (χ0v) is 15.0. The molecule has 6 heteroatoms. The molecule has 0 radical (unpaired) electrons. The van der Waals surface area contributed by atoms with Crippen LogP contribution in [0.5, 0.6) is 0 Å². The van der Waals surface area contributed by atoms with Crippen molar-refractivity contribution in [3.05, 3.63) is 94.8 Å². The van der Waals surface area contributed by atoms with Crippen LogP contribution in [0.25, 0.3) is 5.57 Å². The summed E-state index contributed by atoms with van der Waals surface area (Å²) in [7, 11) is 0. The summed E-state index contributed by atoms with van der Waals surface area (Å²) < 4.78 is 14.0. The molecule has 1 aromatic carbocycles. The van der Waals surface area contributed by atoms with Crippen LogP contribution in [0.4, 0.5) is 4.39 Å². The molecule has 4 rings (SSSR count). The number of ketones is 1. The minimum atomic E-state index is -1.34. The van der Waals surface area contributed by atoms with Crippen LogP contribution in [0, 0.1) is 0 Å². The molecule has 1 aromatic rings. The largest absolute Gasteiger partial charge is 0.288 e. The average Bonchev–Trinajstić information content (AvgIpc) is 2.73. The first kappa shape index (κ1) is 18.3. The number of carbonyl (C=O) groups is 3. The first-order valence-electron chi connectivity index (χ1n) is 8.77. The maximum Gasteiger partial charge on any atom is 0.282 e. The van der Waals surface area contributed by atoms with Crippen molar-refractivity contribution >= 4 is 35.1 Å². The van der Waals surface area contributed by atoms with E-state index in [9.17, 15) is 18.8 Å². The third kappa shape index (κ3) is 3.70. The quantitative estimate of drug-likeness (QED) is 0.457. The number of allylic oxidation sites excluding steroid dienone is 7. The summed E-state index contributed by atoms with van der Waals surface area (Å²) >= 11 is 0. The lowest BCUT2D eigenvalue weighted by atomic mass is 9.83. The molecule has 0 aromatic heterocycles. The SMILES string of the molecule is O=C1C=CC(=C=CC(=O)C2=C(c3ccccc3)C3=CC(F)C=CC3=NC2=O)C=N1. The van der Waals surface area contributed by atoms with Gasteiger partial charge in [-0.15, -0.1) is 5.73 Å². The summed E-state index contributed by atoms with van der Waals surface area (Å²) in [5, 5.41) is 0. The predicted molar refractivity (Wildman–Crippen MR) is 107 cm³/mol. The van der Waals surface area contributed by atoms with E-state index in [-0.39, 0.29) is 5.57 Å². The molecular weight excluding hydrogens is 371 g/mol. The van der Waals surface area contributed by atoms with Gasteiger partial charge in [-0.1, -0.05) is 30.3 Å². The summed E-state index contributed by atoms with van der Waals surface area (Å²) in [5.41, 5.74) is 4.65. The normalized spacial score (nSPS) is 20.2. The molecule has 3 aliphatic rings. The standard InChI is InChI=1S/C23H13FN2O3/c24-16-8-9-18-17(12-16)21(15-4-2-1-3-5-15)22(23(29)26-18)19(27)10-6-14-7-11-20(28)25-13-14/h1-5,7-13,16H. The minimum Gasteiger partial charge on any atom is -0.288 e. The van der Waals surface area contributed by atoms with E-state index in [1.165, 1.54) is 36.6 Å². The monoisotopic (exact) mass is 384 g/mol. The second-order valence-corrected chi connectivity index (χ2v) is 6.34. The van der Waals surface area contributed by atoms with Crippen molar-refractivity contribution < 1.29 is 18.8 Å². The fourth-order valence-corrected chi connectivity index (χ4v) is 3.11.